The van der Waals surface area contributed by atoms with E-state index >= 15 is 0 Å². The zero-order chi connectivity index (χ0) is 14.5. The first-order valence-electron chi connectivity index (χ1n) is 7.20. The van der Waals surface area contributed by atoms with E-state index < -0.39 is 0 Å². The highest BCUT2D eigenvalue weighted by atomic mass is 32.1. The van der Waals surface area contributed by atoms with Crippen LogP contribution in [0.2, 0.25) is 0 Å². The zero-order valence-corrected chi connectivity index (χ0v) is 13.8. The molecule has 0 spiro atoms. The third-order valence-corrected chi connectivity index (χ3v) is 6.41. The van der Waals surface area contributed by atoms with Crippen LogP contribution in [-0.2, 0) is 6.54 Å². The molecule has 0 radical (unpaired) electrons. The van der Waals surface area contributed by atoms with Crippen LogP contribution >= 0.6 is 23.6 Å². The Kier molecular flexibility index (Phi) is 3.37. The summed E-state index contributed by atoms with van der Waals surface area (Å²) in [6.45, 7) is 7.06. The molecule has 1 saturated carbocycles. The number of thiophene rings is 1. The number of nitrogens with one attached hydrogen (secondary N) is 1. The molecular formula is C15H20N2OS2. The SMILES string of the molecule is CCC1(Cn2c(=S)[nH]c3sc(C)c(C)c3c2=O)CCC1. The minimum atomic E-state index is 0.0883. The summed E-state index contributed by atoms with van der Waals surface area (Å²) < 4.78 is 2.36. The number of hydrogen-bond donors (Lipinski definition) is 1. The number of nitrogens with zero attached hydrogens (tertiary/aromatic N) is 1. The fraction of sp³-hybridized carbons (Fsp3) is 0.600. The molecule has 5 heteroatoms. The Morgan fingerprint density at radius 3 is 2.65 bits per heavy atom. The monoisotopic (exact) mass is 308 g/mol. The van der Waals surface area contributed by atoms with Crippen molar-refractivity contribution in [2.45, 2.75) is 53.0 Å². The van der Waals surface area contributed by atoms with Gasteiger partial charge in [0.25, 0.3) is 5.56 Å². The highest BCUT2D eigenvalue weighted by Crippen LogP contribution is 2.45. The standard InChI is InChI=1S/C15H20N2OS2/c1-4-15(6-5-7-15)8-17-13(18)11-9(2)10(3)20-12(11)16-14(17)19/h4-8H2,1-3H3,(H,16,19). The number of H-pyrrole nitrogens is 1. The summed E-state index contributed by atoms with van der Waals surface area (Å²) >= 11 is 7.05. The quantitative estimate of drug-likeness (QED) is 0.858. The topological polar surface area (TPSA) is 37.8 Å². The van der Waals surface area contributed by atoms with Gasteiger partial charge in [-0.25, -0.2) is 0 Å². The summed E-state index contributed by atoms with van der Waals surface area (Å²) in [5.74, 6) is 0. The second kappa shape index (κ2) is 4.81. The molecule has 0 amide bonds. The van der Waals surface area contributed by atoms with Gasteiger partial charge in [0.05, 0.1) is 5.39 Å². The molecule has 1 fully saturated rings. The lowest BCUT2D eigenvalue weighted by Crippen LogP contribution is -2.37. The lowest BCUT2D eigenvalue weighted by atomic mass is 9.67. The van der Waals surface area contributed by atoms with Crippen LogP contribution in [0.3, 0.4) is 0 Å². The van der Waals surface area contributed by atoms with E-state index in [9.17, 15) is 4.79 Å². The third kappa shape index (κ3) is 1.99. The molecule has 1 N–H and O–H groups in total. The normalized spacial score (nSPS) is 17.4. The number of rotatable bonds is 3. The summed E-state index contributed by atoms with van der Waals surface area (Å²) in [5.41, 5.74) is 1.47. The first kappa shape index (κ1) is 14.0. The average molecular weight is 308 g/mol. The van der Waals surface area contributed by atoms with Crippen LogP contribution in [0.4, 0.5) is 0 Å². The van der Waals surface area contributed by atoms with Crippen molar-refractivity contribution in [2.75, 3.05) is 0 Å². The van der Waals surface area contributed by atoms with Gasteiger partial charge in [-0.15, -0.1) is 11.3 Å². The second-order valence-corrected chi connectivity index (χ2v) is 7.63. The van der Waals surface area contributed by atoms with Gasteiger partial charge in [0.2, 0.25) is 0 Å². The number of fused-ring (bicyclic) bond motifs is 1. The molecule has 0 unspecified atom stereocenters. The number of aromatic amines is 1. The van der Waals surface area contributed by atoms with E-state index in [-0.39, 0.29) is 11.0 Å². The molecule has 0 saturated heterocycles. The Hall–Kier alpha value is -0.940. The molecule has 20 heavy (non-hydrogen) atoms. The third-order valence-electron chi connectivity index (χ3n) is 4.97. The molecule has 108 valence electrons. The smallest absolute Gasteiger partial charge is 0.263 e. The largest absolute Gasteiger partial charge is 0.323 e. The Bertz CT molecular complexity index is 772. The number of aromatic nitrogens is 2. The van der Waals surface area contributed by atoms with Crippen molar-refractivity contribution >= 4 is 33.8 Å². The van der Waals surface area contributed by atoms with Gasteiger partial charge in [-0.1, -0.05) is 13.3 Å². The van der Waals surface area contributed by atoms with E-state index in [0.717, 1.165) is 28.7 Å². The van der Waals surface area contributed by atoms with Gasteiger partial charge < -0.3 is 4.98 Å². The van der Waals surface area contributed by atoms with Crippen molar-refractivity contribution in [3.8, 4) is 0 Å². The highest BCUT2D eigenvalue weighted by molar-refractivity contribution is 7.71. The molecule has 0 bridgehead atoms. The van der Waals surface area contributed by atoms with Gasteiger partial charge in [-0.2, -0.15) is 0 Å². The van der Waals surface area contributed by atoms with Crippen molar-refractivity contribution in [2.24, 2.45) is 5.41 Å². The molecule has 2 aromatic heterocycles. The van der Waals surface area contributed by atoms with E-state index in [0.29, 0.717) is 4.77 Å². The molecule has 3 rings (SSSR count). The summed E-state index contributed by atoms with van der Waals surface area (Å²) in [6.07, 6.45) is 4.82. The Morgan fingerprint density at radius 2 is 2.10 bits per heavy atom. The average Bonchev–Trinajstić information content (AvgIpc) is 2.63. The fourth-order valence-corrected chi connectivity index (χ4v) is 4.51. The lowest BCUT2D eigenvalue weighted by Gasteiger charge is -2.41. The second-order valence-electron chi connectivity index (χ2n) is 6.02. The molecule has 1 aliphatic rings. The molecule has 0 aromatic carbocycles. The summed E-state index contributed by atoms with van der Waals surface area (Å²) in [7, 11) is 0. The van der Waals surface area contributed by atoms with E-state index in [1.165, 1.54) is 24.1 Å². The van der Waals surface area contributed by atoms with Crippen molar-refractivity contribution in [3.05, 3.63) is 25.6 Å². The first-order chi connectivity index (χ1) is 9.47. The van der Waals surface area contributed by atoms with E-state index in [4.69, 9.17) is 12.2 Å². The van der Waals surface area contributed by atoms with Crippen LogP contribution in [0.15, 0.2) is 4.79 Å². The summed E-state index contributed by atoms with van der Waals surface area (Å²) in [4.78, 5) is 18.2. The fourth-order valence-electron chi connectivity index (χ4n) is 3.14. The van der Waals surface area contributed by atoms with Crippen LogP contribution in [0, 0.1) is 24.0 Å². The maximum atomic E-state index is 12.8. The van der Waals surface area contributed by atoms with Crippen molar-refractivity contribution in [1.82, 2.24) is 9.55 Å². The van der Waals surface area contributed by atoms with Crippen LogP contribution in [0.5, 0.6) is 0 Å². The predicted octanol–water partition coefficient (Wildman–Crippen LogP) is 4.32. The van der Waals surface area contributed by atoms with Gasteiger partial charge in [0.1, 0.15) is 4.83 Å². The van der Waals surface area contributed by atoms with Crippen LogP contribution in [0.25, 0.3) is 10.2 Å². The Morgan fingerprint density at radius 1 is 1.40 bits per heavy atom. The maximum absolute atomic E-state index is 12.8. The summed E-state index contributed by atoms with van der Waals surface area (Å²) in [5, 5.41) is 0.826. The molecule has 2 aromatic rings. The summed E-state index contributed by atoms with van der Waals surface area (Å²) in [6, 6.07) is 0. The Labute approximate surface area is 127 Å². The van der Waals surface area contributed by atoms with Gasteiger partial charge in [0, 0.05) is 11.4 Å². The van der Waals surface area contributed by atoms with Crippen LogP contribution < -0.4 is 5.56 Å². The molecule has 2 heterocycles. The molecule has 0 aliphatic heterocycles. The zero-order valence-electron chi connectivity index (χ0n) is 12.2. The Balaban J connectivity index is 2.18. The van der Waals surface area contributed by atoms with Gasteiger partial charge in [0.15, 0.2) is 4.77 Å². The maximum Gasteiger partial charge on any atom is 0.263 e. The van der Waals surface area contributed by atoms with Gasteiger partial charge in [-0.05, 0) is 56.3 Å². The molecule has 0 atom stereocenters. The minimum Gasteiger partial charge on any atom is -0.323 e. The number of aryl methyl sites for hydroxylation is 2. The molecular weight excluding hydrogens is 288 g/mol. The first-order valence-corrected chi connectivity index (χ1v) is 8.43. The van der Waals surface area contributed by atoms with E-state index in [1.807, 2.05) is 6.92 Å². The van der Waals surface area contributed by atoms with Crippen LogP contribution in [-0.4, -0.2) is 9.55 Å². The van der Waals surface area contributed by atoms with E-state index in [1.54, 1.807) is 15.9 Å². The highest BCUT2D eigenvalue weighted by Gasteiger charge is 2.36. The van der Waals surface area contributed by atoms with Crippen molar-refractivity contribution < 1.29 is 0 Å². The predicted molar refractivity (Wildman–Crippen MR) is 87.3 cm³/mol. The molecule has 3 nitrogen and oxygen atoms in total. The van der Waals surface area contributed by atoms with Crippen molar-refractivity contribution in [3.63, 3.8) is 0 Å². The van der Waals surface area contributed by atoms with Gasteiger partial charge in [-0.3, -0.25) is 9.36 Å². The number of hydrogen-bond acceptors (Lipinski definition) is 3. The van der Waals surface area contributed by atoms with Gasteiger partial charge >= 0.3 is 0 Å². The lowest BCUT2D eigenvalue weighted by molar-refractivity contribution is 0.0980. The molecule has 1 aliphatic carbocycles. The van der Waals surface area contributed by atoms with E-state index in [2.05, 4.69) is 18.8 Å². The minimum absolute atomic E-state index is 0.0883. The van der Waals surface area contributed by atoms with Crippen molar-refractivity contribution in [1.29, 1.82) is 0 Å². The van der Waals surface area contributed by atoms with Crippen LogP contribution in [0.1, 0.15) is 43.0 Å².